The van der Waals surface area contributed by atoms with Gasteiger partial charge in [-0.2, -0.15) is 0 Å². The van der Waals surface area contributed by atoms with Crippen molar-refractivity contribution in [3.8, 4) is 11.3 Å². The van der Waals surface area contributed by atoms with E-state index in [9.17, 15) is 4.79 Å². The molecule has 6 nitrogen and oxygen atoms in total. The predicted molar refractivity (Wildman–Crippen MR) is 150 cm³/mol. The predicted octanol–water partition coefficient (Wildman–Crippen LogP) is 7.58. The quantitative estimate of drug-likeness (QED) is 0.226. The number of rotatable bonds is 2. The number of hydrogen-bond acceptors (Lipinski definition) is 5. The van der Waals surface area contributed by atoms with Gasteiger partial charge < -0.3 is 14.5 Å². The minimum absolute atomic E-state index is 0.285. The van der Waals surface area contributed by atoms with Crippen LogP contribution in [0.5, 0.6) is 0 Å². The van der Waals surface area contributed by atoms with Gasteiger partial charge in [0.1, 0.15) is 16.6 Å². The second-order valence-corrected chi connectivity index (χ2v) is 11.3. The van der Waals surface area contributed by atoms with Crippen LogP contribution in [-0.2, 0) is 4.74 Å². The van der Waals surface area contributed by atoms with Gasteiger partial charge in [-0.15, -0.1) is 0 Å². The van der Waals surface area contributed by atoms with Crippen molar-refractivity contribution in [2.45, 2.75) is 26.4 Å². The van der Waals surface area contributed by atoms with Crippen LogP contribution in [0.15, 0.2) is 53.0 Å². The molecule has 5 rings (SSSR count). The van der Waals surface area contributed by atoms with Crippen molar-refractivity contribution < 1.29 is 9.53 Å². The Morgan fingerprint density at radius 2 is 1.67 bits per heavy atom. The number of benzene rings is 2. The van der Waals surface area contributed by atoms with Crippen molar-refractivity contribution in [1.82, 2.24) is 14.9 Å². The summed E-state index contributed by atoms with van der Waals surface area (Å²) in [4.78, 5) is 26.0. The lowest BCUT2D eigenvalue weighted by Gasteiger charge is -2.36. The number of ether oxygens (including phenoxy) is 1. The second kappa shape index (κ2) is 9.69. The SMILES string of the molecule is CC(C)(C)OC(=O)N1CCN(c2ccc3c(Cl)nc(-c4cccc5cccc(Cl)c45)c(Br)c3n2)CC1. The molecule has 186 valence electrons. The van der Waals surface area contributed by atoms with Gasteiger partial charge in [0.2, 0.25) is 0 Å². The Balaban J connectivity index is 1.49. The summed E-state index contributed by atoms with van der Waals surface area (Å²) in [6.07, 6.45) is -0.285. The van der Waals surface area contributed by atoms with Crippen LogP contribution in [-0.4, -0.2) is 52.7 Å². The van der Waals surface area contributed by atoms with Gasteiger partial charge in [-0.05, 0) is 60.3 Å². The first-order valence-electron chi connectivity index (χ1n) is 11.7. The highest BCUT2D eigenvalue weighted by atomic mass is 79.9. The number of piperazine rings is 1. The molecule has 4 aromatic rings. The zero-order valence-electron chi connectivity index (χ0n) is 20.2. The summed E-state index contributed by atoms with van der Waals surface area (Å²) >= 11 is 17.0. The molecule has 0 radical (unpaired) electrons. The fraction of sp³-hybridized carbons (Fsp3) is 0.296. The topological polar surface area (TPSA) is 58.6 Å². The Morgan fingerprint density at radius 1 is 0.972 bits per heavy atom. The number of halogens is 3. The summed E-state index contributed by atoms with van der Waals surface area (Å²) in [6, 6.07) is 15.7. The van der Waals surface area contributed by atoms with E-state index in [1.807, 2.05) is 69.3 Å². The number of aromatic nitrogens is 2. The molecule has 2 aromatic heterocycles. The molecule has 0 bridgehead atoms. The standard InChI is InChI=1S/C27H25BrCl2N4O2/c1-27(2,3)36-26(35)34-14-12-33(13-15-34)20-11-10-18-24(31-20)22(28)23(32-25(18)30)17-8-4-6-16-7-5-9-19(29)21(16)17/h4-11H,12-15H2,1-3H3. The fourth-order valence-electron chi connectivity index (χ4n) is 4.39. The number of hydrogen-bond donors (Lipinski definition) is 0. The van der Waals surface area contributed by atoms with Crippen LogP contribution < -0.4 is 4.90 Å². The number of nitrogens with zero attached hydrogens (tertiary/aromatic N) is 4. The minimum Gasteiger partial charge on any atom is -0.444 e. The molecule has 0 aliphatic carbocycles. The maximum Gasteiger partial charge on any atom is 0.410 e. The summed E-state index contributed by atoms with van der Waals surface area (Å²) < 4.78 is 6.27. The van der Waals surface area contributed by atoms with Gasteiger partial charge in [0.25, 0.3) is 0 Å². The van der Waals surface area contributed by atoms with Gasteiger partial charge in [0, 0.05) is 47.5 Å². The van der Waals surface area contributed by atoms with E-state index < -0.39 is 5.60 Å². The summed E-state index contributed by atoms with van der Waals surface area (Å²) in [7, 11) is 0. The lowest BCUT2D eigenvalue weighted by Crippen LogP contribution is -2.50. The highest BCUT2D eigenvalue weighted by molar-refractivity contribution is 9.10. The van der Waals surface area contributed by atoms with Gasteiger partial charge in [-0.25, -0.2) is 14.8 Å². The molecule has 0 N–H and O–H groups in total. The molecule has 1 fully saturated rings. The molecule has 0 spiro atoms. The lowest BCUT2D eigenvalue weighted by atomic mass is 10.0. The van der Waals surface area contributed by atoms with Crippen molar-refractivity contribution >= 4 is 72.7 Å². The van der Waals surface area contributed by atoms with E-state index in [1.54, 1.807) is 4.90 Å². The van der Waals surface area contributed by atoms with E-state index in [-0.39, 0.29) is 6.09 Å². The van der Waals surface area contributed by atoms with E-state index in [4.69, 9.17) is 37.9 Å². The Labute approximate surface area is 228 Å². The highest BCUT2D eigenvalue weighted by Crippen LogP contribution is 2.40. The average Bonchev–Trinajstić information content (AvgIpc) is 2.85. The minimum atomic E-state index is -0.514. The summed E-state index contributed by atoms with van der Waals surface area (Å²) in [5.41, 5.74) is 1.78. The largest absolute Gasteiger partial charge is 0.444 e. The third-order valence-electron chi connectivity index (χ3n) is 6.09. The van der Waals surface area contributed by atoms with Crippen molar-refractivity contribution in [3.05, 3.63) is 63.2 Å². The van der Waals surface area contributed by atoms with Crippen LogP contribution in [0.4, 0.5) is 10.6 Å². The van der Waals surface area contributed by atoms with Gasteiger partial charge in [0.05, 0.1) is 15.7 Å². The normalized spacial score (nSPS) is 14.5. The molecule has 0 saturated carbocycles. The zero-order chi connectivity index (χ0) is 25.6. The number of fused-ring (bicyclic) bond motifs is 2. The number of carbonyl (C=O) groups excluding carboxylic acids is 1. The molecule has 1 amide bonds. The first-order valence-corrected chi connectivity index (χ1v) is 13.2. The van der Waals surface area contributed by atoms with Crippen LogP contribution in [0.3, 0.4) is 0 Å². The summed E-state index contributed by atoms with van der Waals surface area (Å²) in [5.74, 6) is 0.816. The Kier molecular flexibility index (Phi) is 6.74. The smallest absolute Gasteiger partial charge is 0.410 e. The van der Waals surface area contributed by atoms with E-state index >= 15 is 0 Å². The molecule has 1 aliphatic heterocycles. The molecule has 9 heteroatoms. The molecule has 0 unspecified atom stereocenters. The zero-order valence-corrected chi connectivity index (χ0v) is 23.3. The van der Waals surface area contributed by atoms with Crippen LogP contribution in [0.25, 0.3) is 32.9 Å². The summed E-state index contributed by atoms with van der Waals surface area (Å²) in [6.45, 7) is 8.05. The van der Waals surface area contributed by atoms with Crippen molar-refractivity contribution in [2.24, 2.45) is 0 Å². The van der Waals surface area contributed by atoms with Gasteiger partial charge in [-0.3, -0.25) is 0 Å². The monoisotopic (exact) mass is 586 g/mol. The molecule has 36 heavy (non-hydrogen) atoms. The average molecular weight is 588 g/mol. The Bertz CT molecular complexity index is 1480. The second-order valence-electron chi connectivity index (χ2n) is 9.73. The number of amides is 1. The van der Waals surface area contributed by atoms with Crippen molar-refractivity contribution in [1.29, 1.82) is 0 Å². The van der Waals surface area contributed by atoms with Gasteiger partial charge in [0.15, 0.2) is 0 Å². The number of anilines is 1. The van der Waals surface area contributed by atoms with Gasteiger partial charge in [-0.1, -0.05) is 53.5 Å². The van der Waals surface area contributed by atoms with Gasteiger partial charge >= 0.3 is 6.09 Å². The van der Waals surface area contributed by atoms with Crippen molar-refractivity contribution in [2.75, 3.05) is 31.1 Å². The molecule has 3 heterocycles. The van der Waals surface area contributed by atoms with Crippen LogP contribution >= 0.6 is 39.1 Å². The molecule has 2 aromatic carbocycles. The number of carbonyl (C=O) groups is 1. The Hall–Kier alpha value is -2.61. The first-order chi connectivity index (χ1) is 17.1. The summed E-state index contributed by atoms with van der Waals surface area (Å²) in [5, 5.41) is 3.72. The first kappa shape index (κ1) is 25.1. The van der Waals surface area contributed by atoms with Crippen molar-refractivity contribution in [3.63, 3.8) is 0 Å². The third-order valence-corrected chi connectivity index (χ3v) is 7.45. The lowest BCUT2D eigenvalue weighted by molar-refractivity contribution is 0.0240. The van der Waals surface area contributed by atoms with Crippen LogP contribution in [0.1, 0.15) is 20.8 Å². The van der Waals surface area contributed by atoms with E-state index in [0.29, 0.717) is 42.0 Å². The molecule has 1 saturated heterocycles. The molecule has 0 atom stereocenters. The Morgan fingerprint density at radius 3 is 2.36 bits per heavy atom. The molecular formula is C27H25BrCl2N4O2. The number of pyridine rings is 2. The van der Waals surface area contributed by atoms with Crippen LogP contribution in [0.2, 0.25) is 10.2 Å². The maximum absolute atomic E-state index is 12.4. The highest BCUT2D eigenvalue weighted by Gasteiger charge is 2.27. The molecular weight excluding hydrogens is 563 g/mol. The van der Waals surface area contributed by atoms with E-state index in [0.717, 1.165) is 37.5 Å². The molecule has 1 aliphatic rings. The third kappa shape index (κ3) is 4.84. The van der Waals surface area contributed by atoms with Crippen LogP contribution in [0, 0.1) is 0 Å². The fourth-order valence-corrected chi connectivity index (χ4v) is 5.52. The van der Waals surface area contributed by atoms with E-state index in [1.165, 1.54) is 0 Å². The maximum atomic E-state index is 12.4. The van der Waals surface area contributed by atoms with E-state index in [2.05, 4.69) is 20.8 Å².